The fourth-order valence-corrected chi connectivity index (χ4v) is 1.61. The Hall–Kier alpha value is -1.84. The van der Waals surface area contributed by atoms with Crippen molar-refractivity contribution in [3.05, 3.63) is 36.0 Å². The number of aromatic nitrogens is 3. The minimum absolute atomic E-state index is 0.873. The third kappa shape index (κ3) is 1.91. The van der Waals surface area contributed by atoms with Gasteiger partial charge in [0.1, 0.15) is 5.82 Å². The van der Waals surface area contributed by atoms with Crippen molar-refractivity contribution in [2.45, 2.75) is 20.8 Å². The molecular formula is C12H16N4. The average Bonchev–Trinajstić information content (AvgIpc) is 2.61. The highest BCUT2D eigenvalue weighted by Crippen LogP contribution is 2.15. The molecule has 2 rings (SSSR count). The van der Waals surface area contributed by atoms with E-state index < -0.39 is 0 Å². The summed E-state index contributed by atoms with van der Waals surface area (Å²) < 4.78 is 2.07. The lowest BCUT2D eigenvalue weighted by molar-refractivity contribution is 0.993. The Kier molecular flexibility index (Phi) is 2.90. The Balaban J connectivity index is 2.40. The Morgan fingerprint density at radius 2 is 2.12 bits per heavy atom. The Labute approximate surface area is 95.4 Å². The molecule has 4 heteroatoms. The van der Waals surface area contributed by atoms with Crippen LogP contribution in [0.15, 0.2) is 24.7 Å². The van der Waals surface area contributed by atoms with Crippen LogP contribution in [0.5, 0.6) is 0 Å². The molecule has 0 unspecified atom stereocenters. The van der Waals surface area contributed by atoms with Gasteiger partial charge in [-0.15, -0.1) is 0 Å². The van der Waals surface area contributed by atoms with Crippen molar-refractivity contribution in [3.63, 3.8) is 0 Å². The molecule has 0 aliphatic carbocycles. The van der Waals surface area contributed by atoms with Gasteiger partial charge in [0.05, 0.1) is 17.7 Å². The van der Waals surface area contributed by atoms with Crippen molar-refractivity contribution in [3.8, 4) is 5.69 Å². The van der Waals surface area contributed by atoms with E-state index in [9.17, 15) is 0 Å². The second-order valence-corrected chi connectivity index (χ2v) is 3.72. The smallest absolute Gasteiger partial charge is 0.127 e. The van der Waals surface area contributed by atoms with E-state index >= 15 is 0 Å². The van der Waals surface area contributed by atoms with E-state index in [0.29, 0.717) is 0 Å². The monoisotopic (exact) mass is 216 g/mol. The van der Waals surface area contributed by atoms with Gasteiger partial charge in [-0.1, -0.05) is 0 Å². The minimum Gasteiger partial charge on any atom is -0.370 e. The molecule has 2 aromatic rings. The fraction of sp³-hybridized carbons (Fsp3) is 0.333. The molecule has 0 atom stereocenters. The fourth-order valence-electron chi connectivity index (χ4n) is 1.61. The summed E-state index contributed by atoms with van der Waals surface area (Å²) in [5.41, 5.74) is 3.31. The van der Waals surface area contributed by atoms with Gasteiger partial charge >= 0.3 is 0 Å². The second-order valence-electron chi connectivity index (χ2n) is 3.72. The summed E-state index contributed by atoms with van der Waals surface area (Å²) in [7, 11) is 0. The molecule has 1 N–H and O–H groups in total. The van der Waals surface area contributed by atoms with Crippen LogP contribution >= 0.6 is 0 Å². The molecule has 2 aromatic heterocycles. The molecule has 2 heterocycles. The van der Waals surface area contributed by atoms with E-state index in [2.05, 4.69) is 33.7 Å². The van der Waals surface area contributed by atoms with Gasteiger partial charge in [0.2, 0.25) is 0 Å². The van der Waals surface area contributed by atoms with Crippen LogP contribution in [0.3, 0.4) is 0 Å². The number of nitrogens with zero attached hydrogens (tertiary/aromatic N) is 3. The summed E-state index contributed by atoms with van der Waals surface area (Å²) >= 11 is 0. The molecule has 0 amide bonds. The summed E-state index contributed by atoms with van der Waals surface area (Å²) in [6, 6.07) is 4.01. The van der Waals surface area contributed by atoms with Gasteiger partial charge in [0.25, 0.3) is 0 Å². The molecular weight excluding hydrogens is 200 g/mol. The van der Waals surface area contributed by atoms with Crippen LogP contribution in [0.2, 0.25) is 0 Å². The van der Waals surface area contributed by atoms with Crippen LogP contribution < -0.4 is 5.32 Å². The predicted molar refractivity (Wildman–Crippen MR) is 65.0 cm³/mol. The van der Waals surface area contributed by atoms with E-state index in [1.807, 2.05) is 31.6 Å². The van der Waals surface area contributed by atoms with Gasteiger partial charge in [0, 0.05) is 24.5 Å². The highest BCUT2D eigenvalue weighted by Gasteiger charge is 2.04. The van der Waals surface area contributed by atoms with Gasteiger partial charge in [-0.05, 0) is 26.8 Å². The number of pyridine rings is 1. The molecule has 0 saturated heterocycles. The van der Waals surface area contributed by atoms with Gasteiger partial charge in [-0.3, -0.25) is 0 Å². The van der Waals surface area contributed by atoms with Gasteiger partial charge in [-0.25, -0.2) is 9.97 Å². The van der Waals surface area contributed by atoms with Crippen molar-refractivity contribution in [1.29, 1.82) is 0 Å². The van der Waals surface area contributed by atoms with Crippen molar-refractivity contribution < 1.29 is 0 Å². The zero-order valence-electron chi connectivity index (χ0n) is 9.86. The van der Waals surface area contributed by atoms with Crippen molar-refractivity contribution in [1.82, 2.24) is 14.5 Å². The number of aryl methyl sites for hydroxylation is 1. The summed E-state index contributed by atoms with van der Waals surface area (Å²) in [6.45, 7) is 7.01. The second kappa shape index (κ2) is 4.35. The number of imidazole rings is 1. The molecule has 0 radical (unpaired) electrons. The van der Waals surface area contributed by atoms with Crippen molar-refractivity contribution in [2.75, 3.05) is 11.9 Å². The van der Waals surface area contributed by atoms with Gasteiger partial charge in [0.15, 0.2) is 0 Å². The number of hydrogen-bond acceptors (Lipinski definition) is 3. The molecule has 0 bridgehead atoms. The molecule has 0 saturated carbocycles. The average molecular weight is 216 g/mol. The Morgan fingerprint density at radius 3 is 2.75 bits per heavy atom. The number of hydrogen-bond donors (Lipinski definition) is 1. The molecule has 0 fully saturated rings. The minimum atomic E-state index is 0.873. The lowest BCUT2D eigenvalue weighted by atomic mass is 10.3. The van der Waals surface area contributed by atoms with E-state index in [1.54, 1.807) is 0 Å². The third-order valence-electron chi connectivity index (χ3n) is 2.63. The molecule has 0 aliphatic heterocycles. The van der Waals surface area contributed by atoms with Crippen LogP contribution in [0.25, 0.3) is 5.69 Å². The first-order valence-corrected chi connectivity index (χ1v) is 5.43. The lowest BCUT2D eigenvalue weighted by Crippen LogP contribution is -2.01. The first kappa shape index (κ1) is 10.7. The lowest BCUT2D eigenvalue weighted by Gasteiger charge is -2.07. The summed E-state index contributed by atoms with van der Waals surface area (Å²) in [4.78, 5) is 8.54. The van der Waals surface area contributed by atoms with Crippen LogP contribution in [-0.2, 0) is 0 Å². The summed E-state index contributed by atoms with van der Waals surface area (Å²) in [5.74, 6) is 0.894. The summed E-state index contributed by atoms with van der Waals surface area (Å²) in [5, 5.41) is 3.20. The Bertz CT molecular complexity index is 488. The standard InChI is InChI=1S/C12H16N4/c1-4-13-12-7-11(5-6-14-12)16-8-15-9(2)10(16)3/h5-8H,4H2,1-3H3,(H,13,14). The van der Waals surface area contributed by atoms with Crippen molar-refractivity contribution >= 4 is 5.82 Å². The van der Waals surface area contributed by atoms with E-state index in [-0.39, 0.29) is 0 Å². The SMILES string of the molecule is CCNc1cc(-n2cnc(C)c2C)ccn1. The molecule has 84 valence electrons. The maximum Gasteiger partial charge on any atom is 0.127 e. The van der Waals surface area contributed by atoms with Crippen LogP contribution in [0, 0.1) is 13.8 Å². The van der Waals surface area contributed by atoms with Gasteiger partial charge < -0.3 is 9.88 Å². The number of anilines is 1. The number of nitrogens with one attached hydrogen (secondary N) is 1. The van der Waals surface area contributed by atoms with E-state index in [1.165, 1.54) is 0 Å². The van der Waals surface area contributed by atoms with E-state index in [4.69, 9.17) is 0 Å². The van der Waals surface area contributed by atoms with Gasteiger partial charge in [-0.2, -0.15) is 0 Å². The number of rotatable bonds is 3. The zero-order valence-corrected chi connectivity index (χ0v) is 9.86. The predicted octanol–water partition coefficient (Wildman–Crippen LogP) is 2.32. The first-order valence-electron chi connectivity index (χ1n) is 5.43. The largest absolute Gasteiger partial charge is 0.370 e. The molecule has 0 aromatic carbocycles. The van der Waals surface area contributed by atoms with Crippen LogP contribution in [0.1, 0.15) is 18.3 Å². The zero-order chi connectivity index (χ0) is 11.5. The topological polar surface area (TPSA) is 42.7 Å². The third-order valence-corrected chi connectivity index (χ3v) is 2.63. The molecule has 0 spiro atoms. The maximum atomic E-state index is 4.29. The molecule has 4 nitrogen and oxygen atoms in total. The first-order chi connectivity index (χ1) is 7.72. The van der Waals surface area contributed by atoms with Crippen LogP contribution in [-0.4, -0.2) is 21.1 Å². The van der Waals surface area contributed by atoms with E-state index in [0.717, 1.165) is 29.4 Å². The Morgan fingerprint density at radius 1 is 1.31 bits per heavy atom. The highest BCUT2D eigenvalue weighted by atomic mass is 15.1. The normalized spacial score (nSPS) is 10.4. The highest BCUT2D eigenvalue weighted by molar-refractivity contribution is 5.45. The summed E-state index contributed by atoms with van der Waals surface area (Å²) in [6.07, 6.45) is 3.65. The molecule has 16 heavy (non-hydrogen) atoms. The maximum absolute atomic E-state index is 4.29. The van der Waals surface area contributed by atoms with Crippen LogP contribution in [0.4, 0.5) is 5.82 Å². The van der Waals surface area contributed by atoms with Crippen molar-refractivity contribution in [2.24, 2.45) is 0 Å². The molecule has 0 aliphatic rings. The quantitative estimate of drug-likeness (QED) is 0.856.